The maximum absolute atomic E-state index is 11.6. The fourth-order valence-electron chi connectivity index (χ4n) is 2.10. The number of carbonyl (C=O) groups is 2. The van der Waals surface area contributed by atoms with Crippen molar-refractivity contribution in [2.45, 2.75) is 11.7 Å². The Hall–Kier alpha value is -2.58. The molecular formula is C16H12ClN3O4S. The first kappa shape index (κ1) is 17.2. The number of aliphatic carboxylic acids is 1. The lowest BCUT2D eigenvalue weighted by Gasteiger charge is -1.97. The number of halogens is 1. The minimum Gasteiger partial charge on any atom is -0.481 e. The first-order valence-electron chi connectivity index (χ1n) is 7.17. The summed E-state index contributed by atoms with van der Waals surface area (Å²) in [5.41, 5.74) is 0.841. The molecular weight excluding hydrogens is 366 g/mol. The van der Waals surface area contributed by atoms with Gasteiger partial charge in [-0.3, -0.25) is 9.59 Å². The highest BCUT2D eigenvalue weighted by molar-refractivity contribution is 8.15. The molecule has 0 spiro atoms. The van der Waals surface area contributed by atoms with Crippen molar-refractivity contribution in [2.24, 2.45) is 10.2 Å². The lowest BCUT2D eigenvalue weighted by molar-refractivity contribution is -0.138. The predicted octanol–water partition coefficient (Wildman–Crippen LogP) is 3.00. The molecule has 0 saturated carbocycles. The molecule has 9 heteroatoms. The fourth-order valence-corrected chi connectivity index (χ4v) is 3.21. The minimum absolute atomic E-state index is 0.258. The summed E-state index contributed by atoms with van der Waals surface area (Å²) in [6, 6.07) is 10.8. The number of benzene rings is 1. The van der Waals surface area contributed by atoms with Crippen LogP contribution in [-0.2, 0) is 9.59 Å². The van der Waals surface area contributed by atoms with Gasteiger partial charge in [0.25, 0.3) is 0 Å². The van der Waals surface area contributed by atoms with Crippen LogP contribution in [0.3, 0.4) is 0 Å². The van der Waals surface area contributed by atoms with E-state index in [-0.39, 0.29) is 17.5 Å². The van der Waals surface area contributed by atoms with Gasteiger partial charge in [-0.15, -0.1) is 5.10 Å². The Morgan fingerprint density at radius 1 is 1.40 bits per heavy atom. The van der Waals surface area contributed by atoms with E-state index in [1.807, 2.05) is 12.1 Å². The molecule has 1 aliphatic rings. The zero-order valence-electron chi connectivity index (χ0n) is 12.7. The van der Waals surface area contributed by atoms with Crippen LogP contribution >= 0.6 is 23.4 Å². The van der Waals surface area contributed by atoms with Gasteiger partial charge in [-0.1, -0.05) is 35.5 Å². The number of nitrogens with one attached hydrogen (secondary N) is 1. The Morgan fingerprint density at radius 2 is 2.24 bits per heavy atom. The van der Waals surface area contributed by atoms with E-state index in [0.717, 1.165) is 17.3 Å². The number of carboxylic acid groups (broad SMARTS) is 1. The number of hydrogen-bond acceptors (Lipinski definition) is 6. The Morgan fingerprint density at radius 3 is 3.00 bits per heavy atom. The first-order valence-corrected chi connectivity index (χ1v) is 8.43. The van der Waals surface area contributed by atoms with Crippen LogP contribution in [0.4, 0.5) is 0 Å². The molecule has 2 heterocycles. The van der Waals surface area contributed by atoms with E-state index in [9.17, 15) is 9.59 Å². The van der Waals surface area contributed by atoms with Crippen LogP contribution < -0.4 is 5.32 Å². The number of furan rings is 1. The predicted molar refractivity (Wildman–Crippen MR) is 96.0 cm³/mol. The van der Waals surface area contributed by atoms with E-state index in [2.05, 4.69) is 15.5 Å². The quantitative estimate of drug-likeness (QED) is 0.615. The first-order chi connectivity index (χ1) is 12.0. The van der Waals surface area contributed by atoms with Crippen molar-refractivity contribution in [2.75, 3.05) is 0 Å². The van der Waals surface area contributed by atoms with Gasteiger partial charge in [0.05, 0.1) is 12.6 Å². The zero-order valence-corrected chi connectivity index (χ0v) is 14.3. The monoisotopic (exact) mass is 377 g/mol. The molecule has 3 rings (SSSR count). The van der Waals surface area contributed by atoms with E-state index in [4.69, 9.17) is 21.1 Å². The van der Waals surface area contributed by atoms with Crippen LogP contribution in [0.2, 0.25) is 5.02 Å². The lowest BCUT2D eigenvalue weighted by atomic mass is 10.2. The summed E-state index contributed by atoms with van der Waals surface area (Å²) in [4.78, 5) is 22.2. The third-order valence-corrected chi connectivity index (χ3v) is 4.51. The van der Waals surface area contributed by atoms with Gasteiger partial charge in [0, 0.05) is 10.6 Å². The molecule has 1 fully saturated rings. The molecule has 1 amide bonds. The van der Waals surface area contributed by atoms with Crippen molar-refractivity contribution in [3.05, 3.63) is 47.2 Å². The average Bonchev–Trinajstić information content (AvgIpc) is 3.15. The largest absolute Gasteiger partial charge is 0.481 e. The van der Waals surface area contributed by atoms with E-state index in [0.29, 0.717) is 16.5 Å². The third kappa shape index (κ3) is 4.49. The van der Waals surface area contributed by atoms with Crippen LogP contribution in [0, 0.1) is 0 Å². The lowest BCUT2D eigenvalue weighted by Crippen LogP contribution is -2.26. The third-order valence-electron chi connectivity index (χ3n) is 3.21. The van der Waals surface area contributed by atoms with E-state index in [1.54, 1.807) is 24.3 Å². The van der Waals surface area contributed by atoms with Gasteiger partial charge >= 0.3 is 5.97 Å². The second-order valence-corrected chi connectivity index (χ2v) is 6.68. The van der Waals surface area contributed by atoms with Gasteiger partial charge in [-0.05, 0) is 24.3 Å². The number of carbonyl (C=O) groups excluding carboxylic acids is 1. The van der Waals surface area contributed by atoms with Crippen LogP contribution in [0.5, 0.6) is 0 Å². The number of carboxylic acids is 1. The number of thioether (sulfide) groups is 1. The Labute approximate surface area is 151 Å². The number of nitrogens with zero attached hydrogens (tertiary/aromatic N) is 2. The molecule has 2 N–H and O–H groups in total. The topological polar surface area (TPSA) is 104 Å². The Kier molecular flexibility index (Phi) is 5.20. The van der Waals surface area contributed by atoms with Gasteiger partial charge < -0.3 is 14.8 Å². The summed E-state index contributed by atoms with van der Waals surface area (Å²) in [5.74, 6) is -0.304. The summed E-state index contributed by atoms with van der Waals surface area (Å²) in [6.07, 6.45) is 1.14. The summed E-state index contributed by atoms with van der Waals surface area (Å²) < 4.78 is 5.64. The van der Waals surface area contributed by atoms with Crippen molar-refractivity contribution < 1.29 is 19.1 Å². The number of amidine groups is 1. The maximum atomic E-state index is 11.6. The van der Waals surface area contributed by atoms with Crippen molar-refractivity contribution in [3.63, 3.8) is 0 Å². The minimum atomic E-state index is -1.04. The molecule has 0 aliphatic carbocycles. The van der Waals surface area contributed by atoms with E-state index in [1.165, 1.54) is 6.21 Å². The molecule has 1 aromatic carbocycles. The second-order valence-electron chi connectivity index (χ2n) is 5.06. The van der Waals surface area contributed by atoms with Crippen LogP contribution in [0.15, 0.2) is 51.0 Å². The number of amides is 1. The average molecular weight is 378 g/mol. The Bertz CT molecular complexity index is 878. The Balaban J connectivity index is 1.65. The number of hydrogen-bond donors (Lipinski definition) is 2. The highest BCUT2D eigenvalue weighted by Crippen LogP contribution is 2.25. The zero-order chi connectivity index (χ0) is 17.8. The molecule has 1 saturated heterocycles. The normalized spacial score (nSPS) is 18.8. The number of rotatable bonds is 5. The standard InChI is InChI=1S/C16H12ClN3O4S/c17-10-3-1-2-9(6-10)12-5-4-11(24-12)8-18-20-16-19-15(23)13(25-16)7-14(21)22/h1-6,8,13H,7H2,(H,21,22)(H,19,20,23). The molecule has 128 valence electrons. The van der Waals surface area contributed by atoms with E-state index >= 15 is 0 Å². The van der Waals surface area contributed by atoms with Gasteiger partial charge in [0.1, 0.15) is 16.8 Å². The SMILES string of the molecule is O=C(O)CC1SC(=NN=Cc2ccc(-c3cccc(Cl)c3)o2)NC1=O. The summed E-state index contributed by atoms with van der Waals surface area (Å²) >= 11 is 6.99. The molecule has 1 aliphatic heterocycles. The van der Waals surface area contributed by atoms with Crippen molar-refractivity contribution in [3.8, 4) is 11.3 Å². The van der Waals surface area contributed by atoms with Gasteiger partial charge in [-0.2, -0.15) is 5.10 Å². The molecule has 7 nitrogen and oxygen atoms in total. The second kappa shape index (κ2) is 7.54. The molecule has 1 aromatic heterocycles. The molecule has 1 unspecified atom stereocenters. The van der Waals surface area contributed by atoms with Gasteiger partial charge in [0.15, 0.2) is 5.17 Å². The van der Waals surface area contributed by atoms with E-state index < -0.39 is 11.2 Å². The maximum Gasteiger partial charge on any atom is 0.305 e. The van der Waals surface area contributed by atoms with Gasteiger partial charge in [0.2, 0.25) is 5.91 Å². The van der Waals surface area contributed by atoms with Crippen LogP contribution in [0.25, 0.3) is 11.3 Å². The smallest absolute Gasteiger partial charge is 0.305 e. The summed E-state index contributed by atoms with van der Waals surface area (Å²) in [5, 5.41) is 19.1. The van der Waals surface area contributed by atoms with Crippen LogP contribution in [0.1, 0.15) is 12.2 Å². The highest BCUT2D eigenvalue weighted by Gasteiger charge is 2.32. The molecule has 2 aromatic rings. The fraction of sp³-hybridized carbons (Fsp3) is 0.125. The van der Waals surface area contributed by atoms with Crippen molar-refractivity contribution in [1.82, 2.24) is 5.32 Å². The molecule has 25 heavy (non-hydrogen) atoms. The summed E-state index contributed by atoms with van der Waals surface area (Å²) in [7, 11) is 0. The molecule has 1 atom stereocenters. The molecule has 0 radical (unpaired) electrons. The van der Waals surface area contributed by atoms with Crippen molar-refractivity contribution >= 4 is 46.6 Å². The van der Waals surface area contributed by atoms with Gasteiger partial charge in [-0.25, -0.2) is 0 Å². The van der Waals surface area contributed by atoms with Crippen LogP contribution in [-0.4, -0.2) is 33.6 Å². The summed E-state index contributed by atoms with van der Waals surface area (Å²) in [6.45, 7) is 0. The highest BCUT2D eigenvalue weighted by atomic mass is 35.5. The molecule has 0 bridgehead atoms. The van der Waals surface area contributed by atoms with Crippen molar-refractivity contribution in [1.29, 1.82) is 0 Å².